The molecule has 3 aromatic rings. The largest absolute Gasteiger partial charge is 0.291 e. The standard InChI is InChI=1S/C17H11F5N4O4/c18-10-2-1-8(11(19)7-10)5-9-6-13-15(17(29-21)16(9)28-20)12(25-26(13)30-22)3-4-14(27)24-23/h1-4,6-7H,5,23H2,(H,24,27)/b4-3+. The molecule has 0 bridgehead atoms. The summed E-state index contributed by atoms with van der Waals surface area (Å²) in [5.41, 5.74) is 0.904. The van der Waals surface area contributed by atoms with Gasteiger partial charge in [0.05, 0.1) is 5.39 Å². The molecule has 158 valence electrons. The monoisotopic (exact) mass is 430 g/mol. The minimum Gasteiger partial charge on any atom is -0.291 e. The fourth-order valence-electron chi connectivity index (χ4n) is 2.81. The topological polar surface area (TPSA) is 101 Å². The fourth-order valence-corrected chi connectivity index (χ4v) is 2.81. The van der Waals surface area contributed by atoms with Crippen molar-refractivity contribution in [2.75, 3.05) is 0 Å². The van der Waals surface area contributed by atoms with Gasteiger partial charge in [-0.3, -0.25) is 20.1 Å². The average molecular weight is 430 g/mol. The van der Waals surface area contributed by atoms with Gasteiger partial charge in [-0.2, -0.15) is 5.04 Å². The Labute approximate surface area is 163 Å². The zero-order valence-corrected chi connectivity index (χ0v) is 14.7. The lowest BCUT2D eigenvalue weighted by molar-refractivity contribution is -0.146. The Morgan fingerprint density at radius 2 is 1.87 bits per heavy atom. The first-order valence-electron chi connectivity index (χ1n) is 8.00. The van der Waals surface area contributed by atoms with Crippen LogP contribution in [0.15, 0.2) is 30.3 Å². The van der Waals surface area contributed by atoms with Gasteiger partial charge in [0, 0.05) is 37.7 Å². The number of nitrogens with one attached hydrogen (secondary N) is 1. The molecule has 3 N–H and O–H groups in total. The second-order valence-corrected chi connectivity index (χ2v) is 5.82. The molecule has 0 saturated heterocycles. The lowest BCUT2D eigenvalue weighted by atomic mass is 10.0. The molecule has 0 saturated carbocycles. The summed E-state index contributed by atoms with van der Waals surface area (Å²) in [6.45, 7) is 0. The summed E-state index contributed by atoms with van der Waals surface area (Å²) in [5.74, 6) is 0.634. The summed E-state index contributed by atoms with van der Waals surface area (Å²) in [4.78, 5) is 19.0. The van der Waals surface area contributed by atoms with Gasteiger partial charge >= 0.3 is 0 Å². The number of hydrazine groups is 1. The molecule has 0 aliphatic heterocycles. The maximum atomic E-state index is 14.0. The van der Waals surface area contributed by atoms with Crippen LogP contribution in [0, 0.1) is 11.6 Å². The summed E-state index contributed by atoms with van der Waals surface area (Å²) < 4.78 is 66.7. The second-order valence-electron chi connectivity index (χ2n) is 5.82. The number of nitrogens with zero attached hydrogens (tertiary/aromatic N) is 2. The average Bonchev–Trinajstić information content (AvgIpc) is 3.10. The molecule has 0 atom stereocenters. The number of hydrogen-bond donors (Lipinski definition) is 2. The van der Waals surface area contributed by atoms with Gasteiger partial charge in [0.25, 0.3) is 5.91 Å². The predicted octanol–water partition coefficient (Wildman–Crippen LogP) is 2.75. The van der Waals surface area contributed by atoms with Crippen LogP contribution in [0.3, 0.4) is 0 Å². The molecule has 30 heavy (non-hydrogen) atoms. The van der Waals surface area contributed by atoms with Crippen LogP contribution in [0.5, 0.6) is 11.5 Å². The first kappa shape index (κ1) is 20.9. The van der Waals surface area contributed by atoms with Crippen molar-refractivity contribution in [3.05, 3.63) is 58.8 Å². The van der Waals surface area contributed by atoms with Crippen molar-refractivity contribution >= 4 is 22.9 Å². The van der Waals surface area contributed by atoms with E-state index in [4.69, 9.17) is 5.84 Å². The summed E-state index contributed by atoms with van der Waals surface area (Å²) >= 11 is 0. The quantitative estimate of drug-likeness (QED) is 0.197. The van der Waals surface area contributed by atoms with Gasteiger partial charge in [-0.25, -0.2) is 14.6 Å². The van der Waals surface area contributed by atoms with Crippen LogP contribution in [-0.2, 0) is 11.2 Å². The minimum absolute atomic E-state index is 0.106. The first-order chi connectivity index (χ1) is 14.4. The van der Waals surface area contributed by atoms with Gasteiger partial charge in [-0.1, -0.05) is 10.9 Å². The van der Waals surface area contributed by atoms with Crippen LogP contribution in [-0.4, -0.2) is 15.9 Å². The van der Waals surface area contributed by atoms with Crippen LogP contribution in [0.1, 0.15) is 16.8 Å². The number of fused-ring (bicyclic) bond motifs is 1. The first-order valence-corrected chi connectivity index (χ1v) is 8.00. The highest BCUT2D eigenvalue weighted by Crippen LogP contribution is 2.42. The fraction of sp³-hybridized carbons (Fsp3) is 0.0588. The lowest BCUT2D eigenvalue weighted by Crippen LogP contribution is -2.27. The third-order valence-electron chi connectivity index (χ3n) is 4.10. The maximum absolute atomic E-state index is 14.0. The Bertz CT molecular complexity index is 1140. The van der Waals surface area contributed by atoms with Crippen molar-refractivity contribution in [3.63, 3.8) is 0 Å². The summed E-state index contributed by atoms with van der Waals surface area (Å²) in [7, 11) is 0. The van der Waals surface area contributed by atoms with Crippen molar-refractivity contribution < 1.29 is 42.1 Å². The lowest BCUT2D eigenvalue weighted by Gasteiger charge is -2.10. The van der Waals surface area contributed by atoms with E-state index >= 15 is 0 Å². The molecule has 2 aromatic carbocycles. The number of carbonyl (C=O) groups is 1. The van der Waals surface area contributed by atoms with Crippen LogP contribution in [0.25, 0.3) is 17.0 Å². The third kappa shape index (κ3) is 3.82. The van der Waals surface area contributed by atoms with Gasteiger partial charge in [0.1, 0.15) is 22.8 Å². The molecule has 0 unspecified atom stereocenters. The van der Waals surface area contributed by atoms with Gasteiger partial charge in [0.15, 0.2) is 0 Å². The molecule has 3 rings (SSSR count). The highest BCUT2D eigenvalue weighted by molar-refractivity contribution is 5.99. The third-order valence-corrected chi connectivity index (χ3v) is 4.10. The molecule has 0 aliphatic rings. The number of nitrogens with two attached hydrogens (primary N) is 1. The van der Waals surface area contributed by atoms with Crippen molar-refractivity contribution in [1.82, 2.24) is 15.4 Å². The van der Waals surface area contributed by atoms with Crippen molar-refractivity contribution in [1.29, 1.82) is 0 Å². The van der Waals surface area contributed by atoms with E-state index in [-0.39, 0.29) is 32.6 Å². The molecule has 0 radical (unpaired) electrons. The highest BCUT2D eigenvalue weighted by Gasteiger charge is 2.26. The number of rotatable bonds is 7. The Morgan fingerprint density at radius 3 is 2.47 bits per heavy atom. The number of carbonyl (C=O) groups excluding carboxylic acids is 1. The molecular weight excluding hydrogens is 419 g/mol. The maximum Gasteiger partial charge on any atom is 0.257 e. The molecule has 1 heterocycles. The van der Waals surface area contributed by atoms with Gasteiger partial charge in [-0.15, -0.1) is 5.10 Å². The van der Waals surface area contributed by atoms with Gasteiger partial charge in [-0.05, 0) is 23.8 Å². The Hall–Kier alpha value is -3.87. The molecule has 0 aliphatic carbocycles. The Morgan fingerprint density at radius 1 is 1.13 bits per heavy atom. The van der Waals surface area contributed by atoms with Crippen molar-refractivity contribution in [2.45, 2.75) is 6.42 Å². The van der Waals surface area contributed by atoms with E-state index < -0.39 is 35.5 Å². The molecule has 8 nitrogen and oxygen atoms in total. The summed E-state index contributed by atoms with van der Waals surface area (Å²) in [6.07, 6.45) is 1.43. The molecule has 1 aromatic heterocycles. The van der Waals surface area contributed by atoms with Crippen molar-refractivity contribution in [2.24, 2.45) is 5.84 Å². The predicted molar refractivity (Wildman–Crippen MR) is 91.4 cm³/mol. The highest BCUT2D eigenvalue weighted by atomic mass is 19.3. The zero-order chi connectivity index (χ0) is 21.8. The van der Waals surface area contributed by atoms with Crippen LogP contribution in [0.4, 0.5) is 22.4 Å². The van der Waals surface area contributed by atoms with Gasteiger partial charge < -0.3 is 0 Å². The van der Waals surface area contributed by atoms with Crippen LogP contribution >= 0.6 is 0 Å². The molecule has 0 fully saturated rings. The van der Waals surface area contributed by atoms with E-state index in [1.807, 2.05) is 0 Å². The minimum atomic E-state index is -0.964. The summed E-state index contributed by atoms with van der Waals surface area (Å²) in [6, 6.07) is 3.69. The molecule has 0 spiro atoms. The number of halogens is 5. The number of hydrogen-bond acceptors (Lipinski definition) is 6. The van der Waals surface area contributed by atoms with Crippen molar-refractivity contribution in [3.8, 4) is 11.5 Å². The van der Waals surface area contributed by atoms with E-state index in [1.165, 1.54) is 0 Å². The number of benzene rings is 2. The number of amides is 1. The zero-order valence-electron chi connectivity index (χ0n) is 14.7. The molecular formula is C17H11F5N4O4. The second kappa shape index (κ2) is 8.65. The van der Waals surface area contributed by atoms with E-state index in [0.29, 0.717) is 6.07 Å². The van der Waals surface area contributed by atoms with E-state index in [9.17, 15) is 27.2 Å². The summed E-state index contributed by atoms with van der Waals surface area (Å²) in [5, 5.41) is 6.87. The molecule has 1 amide bonds. The SMILES string of the molecule is NNC(=O)/C=C/c1nn(OF)c2cc(Cc3ccc(F)cc3F)c(OF)c(OF)c12. The van der Waals surface area contributed by atoms with Crippen LogP contribution < -0.4 is 26.2 Å². The normalized spacial score (nSPS) is 11.1. The van der Waals surface area contributed by atoms with Gasteiger partial charge in [0.2, 0.25) is 11.5 Å². The van der Waals surface area contributed by atoms with E-state index in [0.717, 1.165) is 30.4 Å². The Balaban J connectivity index is 2.22. The van der Waals surface area contributed by atoms with Crippen LogP contribution in [0.2, 0.25) is 0 Å². The number of aromatic nitrogens is 2. The van der Waals surface area contributed by atoms with E-state index in [1.54, 1.807) is 5.43 Å². The molecule has 13 heteroatoms. The smallest absolute Gasteiger partial charge is 0.257 e. The Kier molecular flexibility index (Phi) is 6.01. The van der Waals surface area contributed by atoms with E-state index in [2.05, 4.69) is 20.0 Å².